The van der Waals surface area contributed by atoms with Gasteiger partial charge < -0.3 is 14.0 Å². The molecular weight excluding hydrogens is 330 g/mol. The second-order valence-electron chi connectivity index (χ2n) is 6.17. The van der Waals surface area contributed by atoms with Gasteiger partial charge in [-0.3, -0.25) is 4.79 Å². The molecule has 0 aliphatic carbocycles. The fraction of sp³-hybridized carbons (Fsp3) is 0.158. The van der Waals surface area contributed by atoms with Crippen LogP contribution in [0.1, 0.15) is 0 Å². The largest absolute Gasteiger partial charge is 0.363 e. The van der Waals surface area contributed by atoms with Gasteiger partial charge in [0.15, 0.2) is 0 Å². The van der Waals surface area contributed by atoms with Crippen molar-refractivity contribution in [3.8, 4) is 23.0 Å². The van der Waals surface area contributed by atoms with Crippen LogP contribution in [0.25, 0.3) is 33.9 Å². The molecule has 7 nitrogen and oxygen atoms in total. The van der Waals surface area contributed by atoms with Crippen molar-refractivity contribution in [1.29, 1.82) is 0 Å². The van der Waals surface area contributed by atoms with Crippen LogP contribution in [0.2, 0.25) is 0 Å². The zero-order chi connectivity index (χ0) is 18.3. The highest BCUT2D eigenvalue weighted by atomic mass is 16.5. The van der Waals surface area contributed by atoms with Crippen molar-refractivity contribution in [3.63, 3.8) is 0 Å². The van der Waals surface area contributed by atoms with Crippen molar-refractivity contribution in [2.45, 2.75) is 0 Å². The van der Waals surface area contributed by atoms with Crippen LogP contribution in [-0.2, 0) is 7.05 Å². The van der Waals surface area contributed by atoms with E-state index in [9.17, 15) is 4.79 Å². The van der Waals surface area contributed by atoms with E-state index in [1.54, 1.807) is 19.2 Å². The lowest BCUT2D eigenvalue weighted by Crippen LogP contribution is -2.16. The predicted octanol–water partition coefficient (Wildman–Crippen LogP) is 2.72. The van der Waals surface area contributed by atoms with E-state index in [4.69, 9.17) is 4.52 Å². The van der Waals surface area contributed by atoms with Crippen LogP contribution in [-0.4, -0.2) is 33.8 Å². The summed E-state index contributed by atoms with van der Waals surface area (Å²) < 4.78 is 6.91. The van der Waals surface area contributed by atoms with Crippen molar-refractivity contribution in [2.24, 2.45) is 7.05 Å². The van der Waals surface area contributed by atoms with Gasteiger partial charge >= 0.3 is 0 Å². The average Bonchev–Trinajstić information content (AvgIpc) is 3.12. The van der Waals surface area contributed by atoms with E-state index in [2.05, 4.69) is 15.1 Å². The molecule has 3 heterocycles. The van der Waals surface area contributed by atoms with Gasteiger partial charge in [0.05, 0.1) is 5.52 Å². The van der Waals surface area contributed by atoms with Gasteiger partial charge in [0.1, 0.15) is 11.5 Å². The molecule has 0 unspecified atom stereocenters. The van der Waals surface area contributed by atoms with E-state index in [1.807, 2.05) is 49.3 Å². The maximum atomic E-state index is 11.8. The van der Waals surface area contributed by atoms with Gasteiger partial charge in [0, 0.05) is 38.2 Å². The SMILES string of the molecule is CN(C)c1cc(-c2noc(-c3cccc(=O)n3C)n2)c2ccccc2n1. The molecule has 130 valence electrons. The summed E-state index contributed by atoms with van der Waals surface area (Å²) in [4.78, 5) is 22.9. The Bertz CT molecular complexity index is 1160. The molecule has 0 spiro atoms. The number of hydrogen-bond acceptors (Lipinski definition) is 6. The number of anilines is 1. The smallest absolute Gasteiger partial charge is 0.274 e. The summed E-state index contributed by atoms with van der Waals surface area (Å²) in [6.07, 6.45) is 0. The number of pyridine rings is 2. The lowest BCUT2D eigenvalue weighted by atomic mass is 10.1. The lowest BCUT2D eigenvalue weighted by Gasteiger charge is -2.13. The highest BCUT2D eigenvalue weighted by molar-refractivity contribution is 5.94. The molecular formula is C19H17N5O2. The first-order valence-corrected chi connectivity index (χ1v) is 8.12. The molecule has 0 saturated heterocycles. The van der Waals surface area contributed by atoms with Crippen molar-refractivity contribution in [2.75, 3.05) is 19.0 Å². The Morgan fingerprint density at radius 2 is 1.85 bits per heavy atom. The van der Waals surface area contributed by atoms with Crippen LogP contribution in [0.5, 0.6) is 0 Å². The molecule has 0 N–H and O–H groups in total. The number of fused-ring (bicyclic) bond motifs is 1. The van der Waals surface area contributed by atoms with E-state index >= 15 is 0 Å². The average molecular weight is 347 g/mol. The van der Waals surface area contributed by atoms with Crippen LogP contribution < -0.4 is 10.5 Å². The Balaban J connectivity index is 1.90. The third-order valence-corrected chi connectivity index (χ3v) is 4.23. The standard InChI is InChI=1S/C19H17N5O2/c1-23(2)16-11-13(12-7-4-5-8-14(12)20-16)18-21-19(26-22-18)15-9-6-10-17(25)24(15)3/h4-11H,1-3H3. The number of nitrogens with zero attached hydrogens (tertiary/aromatic N) is 5. The van der Waals surface area contributed by atoms with Crippen LogP contribution in [0.15, 0.2) is 57.8 Å². The van der Waals surface area contributed by atoms with Crippen LogP contribution in [0.4, 0.5) is 5.82 Å². The predicted molar refractivity (Wildman–Crippen MR) is 100 cm³/mol. The molecule has 0 fully saturated rings. The van der Waals surface area contributed by atoms with Crippen LogP contribution >= 0.6 is 0 Å². The van der Waals surface area contributed by atoms with E-state index < -0.39 is 0 Å². The first kappa shape index (κ1) is 16.0. The first-order chi connectivity index (χ1) is 12.5. The van der Waals surface area contributed by atoms with Crippen molar-refractivity contribution < 1.29 is 4.52 Å². The third-order valence-electron chi connectivity index (χ3n) is 4.23. The summed E-state index contributed by atoms with van der Waals surface area (Å²) in [5, 5.41) is 5.07. The fourth-order valence-corrected chi connectivity index (χ4v) is 2.79. The molecule has 26 heavy (non-hydrogen) atoms. The van der Waals surface area contributed by atoms with Gasteiger partial charge in [-0.05, 0) is 18.2 Å². The number of para-hydroxylation sites is 1. The lowest BCUT2D eigenvalue weighted by molar-refractivity contribution is 0.429. The number of benzene rings is 1. The number of aromatic nitrogens is 4. The summed E-state index contributed by atoms with van der Waals surface area (Å²) in [6.45, 7) is 0. The summed E-state index contributed by atoms with van der Waals surface area (Å²) >= 11 is 0. The first-order valence-electron chi connectivity index (χ1n) is 8.12. The molecule has 0 aliphatic heterocycles. The van der Waals surface area contributed by atoms with E-state index in [-0.39, 0.29) is 5.56 Å². The van der Waals surface area contributed by atoms with E-state index in [0.29, 0.717) is 17.4 Å². The third kappa shape index (κ3) is 2.63. The molecule has 4 rings (SSSR count). The number of hydrogen-bond donors (Lipinski definition) is 0. The summed E-state index contributed by atoms with van der Waals surface area (Å²) in [7, 11) is 5.54. The van der Waals surface area contributed by atoms with Crippen LogP contribution in [0.3, 0.4) is 0 Å². The minimum absolute atomic E-state index is 0.133. The van der Waals surface area contributed by atoms with Crippen molar-refractivity contribution in [3.05, 3.63) is 58.9 Å². The van der Waals surface area contributed by atoms with E-state index in [0.717, 1.165) is 22.3 Å². The molecule has 3 aromatic heterocycles. The van der Waals surface area contributed by atoms with Gasteiger partial charge in [-0.25, -0.2) is 4.98 Å². The molecule has 0 atom stereocenters. The Morgan fingerprint density at radius 1 is 1.04 bits per heavy atom. The Kier molecular flexibility index (Phi) is 3.76. The van der Waals surface area contributed by atoms with Gasteiger partial charge in [-0.2, -0.15) is 4.98 Å². The Labute approximate surface area is 149 Å². The molecule has 7 heteroatoms. The number of rotatable bonds is 3. The molecule has 1 aromatic carbocycles. The highest BCUT2D eigenvalue weighted by Crippen LogP contribution is 2.30. The monoisotopic (exact) mass is 347 g/mol. The van der Waals surface area contributed by atoms with Gasteiger partial charge in [0.25, 0.3) is 11.4 Å². The Hall–Kier alpha value is -3.48. The van der Waals surface area contributed by atoms with E-state index in [1.165, 1.54) is 10.6 Å². The van der Waals surface area contributed by atoms with Gasteiger partial charge in [-0.1, -0.05) is 29.4 Å². The van der Waals surface area contributed by atoms with Crippen molar-refractivity contribution in [1.82, 2.24) is 19.7 Å². The minimum Gasteiger partial charge on any atom is -0.363 e. The second kappa shape index (κ2) is 6.11. The van der Waals surface area contributed by atoms with Crippen LogP contribution in [0, 0.1) is 0 Å². The molecule has 0 radical (unpaired) electrons. The summed E-state index contributed by atoms with van der Waals surface area (Å²) in [5.74, 6) is 1.56. The Morgan fingerprint density at radius 3 is 2.65 bits per heavy atom. The molecule has 0 amide bonds. The van der Waals surface area contributed by atoms with Gasteiger partial charge in [0.2, 0.25) is 5.82 Å². The maximum absolute atomic E-state index is 11.8. The van der Waals surface area contributed by atoms with Gasteiger partial charge in [-0.15, -0.1) is 0 Å². The topological polar surface area (TPSA) is 77.0 Å². The van der Waals surface area contributed by atoms with Crippen molar-refractivity contribution >= 4 is 16.7 Å². The highest BCUT2D eigenvalue weighted by Gasteiger charge is 2.17. The quantitative estimate of drug-likeness (QED) is 0.567. The summed E-state index contributed by atoms with van der Waals surface area (Å²) in [5.41, 5.74) is 2.12. The molecule has 4 aromatic rings. The normalized spacial score (nSPS) is 11.0. The molecule has 0 saturated carbocycles. The molecule has 0 bridgehead atoms. The summed E-state index contributed by atoms with van der Waals surface area (Å²) in [6, 6.07) is 14.7. The minimum atomic E-state index is -0.133. The second-order valence-corrected chi connectivity index (χ2v) is 6.17. The zero-order valence-electron chi connectivity index (χ0n) is 14.7. The zero-order valence-corrected chi connectivity index (χ0v) is 14.7. The fourth-order valence-electron chi connectivity index (χ4n) is 2.79. The molecule has 0 aliphatic rings. The maximum Gasteiger partial charge on any atom is 0.274 e.